The Labute approximate surface area is 105 Å². The first kappa shape index (κ1) is 12.2. The molecule has 2 rings (SSSR count). The second-order valence-corrected chi connectivity index (χ2v) is 4.64. The Bertz CT molecular complexity index is 609. The molecule has 5 heteroatoms. The average molecular weight is 242 g/mol. The highest BCUT2D eigenvalue weighted by atomic mass is 16.1. The van der Waals surface area contributed by atoms with Crippen molar-refractivity contribution >= 4 is 11.3 Å². The van der Waals surface area contributed by atoms with Gasteiger partial charge in [0.15, 0.2) is 5.78 Å². The van der Waals surface area contributed by atoms with Crippen LogP contribution in [0, 0.1) is 23.2 Å². The SMILES string of the molecule is CC(C)CC(C#N)C(=O)c1cnn2ccncc12. The predicted molar refractivity (Wildman–Crippen MR) is 65.9 cm³/mol. The molecule has 0 aliphatic rings. The summed E-state index contributed by atoms with van der Waals surface area (Å²) in [5.74, 6) is -0.481. The third-order valence-electron chi connectivity index (χ3n) is 2.77. The van der Waals surface area contributed by atoms with Gasteiger partial charge >= 0.3 is 0 Å². The van der Waals surface area contributed by atoms with Gasteiger partial charge in [-0.3, -0.25) is 9.78 Å². The van der Waals surface area contributed by atoms with Gasteiger partial charge in [0, 0.05) is 12.4 Å². The average Bonchev–Trinajstić information content (AvgIpc) is 2.78. The minimum Gasteiger partial charge on any atom is -0.293 e. The van der Waals surface area contributed by atoms with E-state index in [0.717, 1.165) is 0 Å². The zero-order chi connectivity index (χ0) is 13.1. The minimum absolute atomic E-state index is 0.172. The van der Waals surface area contributed by atoms with Crippen LogP contribution in [0.15, 0.2) is 24.8 Å². The Hall–Kier alpha value is -2.22. The van der Waals surface area contributed by atoms with Crippen LogP contribution in [-0.2, 0) is 0 Å². The van der Waals surface area contributed by atoms with Crippen molar-refractivity contribution in [3.8, 4) is 6.07 Å². The Balaban J connectivity index is 2.36. The second-order valence-electron chi connectivity index (χ2n) is 4.64. The lowest BCUT2D eigenvalue weighted by atomic mass is 9.91. The highest BCUT2D eigenvalue weighted by Gasteiger charge is 2.23. The van der Waals surface area contributed by atoms with Crippen molar-refractivity contribution in [1.82, 2.24) is 14.6 Å². The normalized spacial score (nSPS) is 12.6. The number of fused-ring (bicyclic) bond motifs is 1. The van der Waals surface area contributed by atoms with Crippen LogP contribution in [0.4, 0.5) is 0 Å². The highest BCUT2D eigenvalue weighted by molar-refractivity contribution is 6.04. The van der Waals surface area contributed by atoms with Gasteiger partial charge in [-0.1, -0.05) is 13.8 Å². The van der Waals surface area contributed by atoms with Crippen LogP contribution in [0.5, 0.6) is 0 Å². The molecule has 2 aromatic heterocycles. The highest BCUT2D eigenvalue weighted by Crippen LogP contribution is 2.19. The van der Waals surface area contributed by atoms with Gasteiger partial charge in [-0.2, -0.15) is 10.4 Å². The van der Waals surface area contributed by atoms with Gasteiger partial charge in [0.25, 0.3) is 0 Å². The Kier molecular flexibility index (Phi) is 3.38. The van der Waals surface area contributed by atoms with Gasteiger partial charge in [-0.05, 0) is 12.3 Å². The fourth-order valence-electron chi connectivity index (χ4n) is 1.90. The molecule has 5 nitrogen and oxygen atoms in total. The summed E-state index contributed by atoms with van der Waals surface area (Å²) in [7, 11) is 0. The summed E-state index contributed by atoms with van der Waals surface area (Å²) in [4.78, 5) is 16.3. The van der Waals surface area contributed by atoms with Crippen LogP contribution in [0.2, 0.25) is 0 Å². The number of aromatic nitrogens is 3. The van der Waals surface area contributed by atoms with Crippen LogP contribution in [0.25, 0.3) is 5.52 Å². The molecular formula is C13H14N4O. The molecule has 18 heavy (non-hydrogen) atoms. The number of rotatable bonds is 4. The number of nitrogens with zero attached hydrogens (tertiary/aromatic N) is 4. The van der Waals surface area contributed by atoms with Crippen molar-refractivity contribution in [2.45, 2.75) is 20.3 Å². The molecule has 2 heterocycles. The molecule has 0 fully saturated rings. The van der Waals surface area contributed by atoms with Crippen LogP contribution in [-0.4, -0.2) is 20.4 Å². The molecule has 0 aromatic carbocycles. The van der Waals surface area contributed by atoms with Crippen molar-refractivity contribution in [1.29, 1.82) is 5.26 Å². The monoisotopic (exact) mass is 242 g/mol. The largest absolute Gasteiger partial charge is 0.293 e. The number of carbonyl (C=O) groups is 1. The molecule has 92 valence electrons. The summed E-state index contributed by atoms with van der Waals surface area (Å²) in [5.41, 5.74) is 1.11. The summed E-state index contributed by atoms with van der Waals surface area (Å²) in [6.07, 6.45) is 6.93. The first-order valence-corrected chi connectivity index (χ1v) is 5.84. The summed E-state index contributed by atoms with van der Waals surface area (Å²) in [6.45, 7) is 3.99. The molecule has 0 amide bonds. The van der Waals surface area contributed by atoms with Crippen molar-refractivity contribution in [3.05, 3.63) is 30.4 Å². The number of nitriles is 1. The van der Waals surface area contributed by atoms with Gasteiger partial charge < -0.3 is 0 Å². The molecule has 0 saturated heterocycles. The summed E-state index contributed by atoms with van der Waals surface area (Å²) < 4.78 is 1.59. The van der Waals surface area contributed by atoms with Crippen molar-refractivity contribution in [2.24, 2.45) is 11.8 Å². The quantitative estimate of drug-likeness (QED) is 0.770. The van der Waals surface area contributed by atoms with Gasteiger partial charge in [-0.15, -0.1) is 0 Å². The van der Waals surface area contributed by atoms with Crippen molar-refractivity contribution in [2.75, 3.05) is 0 Å². The van der Waals surface area contributed by atoms with E-state index in [2.05, 4.69) is 16.2 Å². The zero-order valence-corrected chi connectivity index (χ0v) is 10.4. The van der Waals surface area contributed by atoms with E-state index in [4.69, 9.17) is 5.26 Å². The lowest BCUT2D eigenvalue weighted by Crippen LogP contribution is -2.15. The number of hydrogen-bond acceptors (Lipinski definition) is 4. The molecule has 0 aliphatic carbocycles. The summed E-state index contributed by atoms with van der Waals surface area (Å²) in [6, 6.07) is 2.08. The Morgan fingerprint density at radius 1 is 1.50 bits per heavy atom. The van der Waals surface area contributed by atoms with Crippen molar-refractivity contribution in [3.63, 3.8) is 0 Å². The maximum absolute atomic E-state index is 12.3. The maximum atomic E-state index is 12.3. The molecule has 0 bridgehead atoms. The van der Waals surface area contributed by atoms with E-state index in [1.165, 1.54) is 6.20 Å². The standard InChI is InChI=1S/C13H14N4O/c1-9(2)5-10(6-14)13(18)11-7-16-17-4-3-15-8-12(11)17/h3-4,7-10H,5H2,1-2H3. The fourth-order valence-corrected chi connectivity index (χ4v) is 1.90. The van der Waals surface area contributed by atoms with Crippen LogP contribution in [0.1, 0.15) is 30.6 Å². The summed E-state index contributed by atoms with van der Waals surface area (Å²) in [5, 5.41) is 13.2. The van der Waals surface area contributed by atoms with Gasteiger partial charge in [-0.25, -0.2) is 4.52 Å². The van der Waals surface area contributed by atoms with Crippen LogP contribution < -0.4 is 0 Å². The van der Waals surface area contributed by atoms with Gasteiger partial charge in [0.05, 0.1) is 29.5 Å². The number of ketones is 1. The lowest BCUT2D eigenvalue weighted by molar-refractivity contribution is 0.0938. The third kappa shape index (κ3) is 2.23. The lowest BCUT2D eigenvalue weighted by Gasteiger charge is -2.09. The fraction of sp³-hybridized carbons (Fsp3) is 0.385. The molecule has 0 aliphatic heterocycles. The molecule has 0 radical (unpaired) electrons. The van der Waals surface area contributed by atoms with Gasteiger partial charge in [0.2, 0.25) is 0 Å². The number of hydrogen-bond donors (Lipinski definition) is 0. The smallest absolute Gasteiger partial charge is 0.183 e. The Morgan fingerprint density at radius 3 is 2.94 bits per heavy atom. The van der Waals surface area contributed by atoms with Crippen LogP contribution in [0.3, 0.4) is 0 Å². The molecule has 2 aromatic rings. The van der Waals surface area contributed by atoms with E-state index in [0.29, 0.717) is 23.4 Å². The minimum atomic E-state index is -0.613. The van der Waals surface area contributed by atoms with Crippen molar-refractivity contribution < 1.29 is 4.79 Å². The number of carbonyl (C=O) groups excluding carboxylic acids is 1. The summed E-state index contributed by atoms with van der Waals surface area (Å²) >= 11 is 0. The topological polar surface area (TPSA) is 71.0 Å². The molecule has 1 unspecified atom stereocenters. The van der Waals surface area contributed by atoms with E-state index in [1.54, 1.807) is 23.1 Å². The third-order valence-corrected chi connectivity index (χ3v) is 2.77. The molecular weight excluding hydrogens is 228 g/mol. The molecule has 0 spiro atoms. The number of Topliss-reactive ketones (excluding diaryl/α,β-unsaturated/α-hetero) is 1. The molecule has 0 N–H and O–H groups in total. The Morgan fingerprint density at radius 2 is 2.28 bits per heavy atom. The van der Waals surface area contributed by atoms with Gasteiger partial charge in [0.1, 0.15) is 5.92 Å². The molecule has 0 saturated carbocycles. The van der Waals surface area contributed by atoms with Crippen LogP contribution >= 0.6 is 0 Å². The first-order valence-electron chi connectivity index (χ1n) is 5.84. The molecule has 1 atom stereocenters. The van der Waals surface area contributed by atoms with E-state index in [9.17, 15) is 4.79 Å². The van der Waals surface area contributed by atoms with E-state index in [1.807, 2.05) is 13.8 Å². The van der Waals surface area contributed by atoms with E-state index < -0.39 is 5.92 Å². The zero-order valence-electron chi connectivity index (χ0n) is 10.4. The second kappa shape index (κ2) is 4.96. The van der Waals surface area contributed by atoms with E-state index >= 15 is 0 Å². The maximum Gasteiger partial charge on any atom is 0.183 e. The predicted octanol–water partition coefficient (Wildman–Crippen LogP) is 2.10. The van der Waals surface area contributed by atoms with E-state index in [-0.39, 0.29) is 5.78 Å². The first-order chi connectivity index (χ1) is 8.63.